The van der Waals surface area contributed by atoms with Crippen LogP contribution >= 0.6 is 0 Å². The van der Waals surface area contributed by atoms with Gasteiger partial charge in [0.25, 0.3) is 0 Å². The Morgan fingerprint density at radius 1 is 1.50 bits per heavy atom. The molecule has 0 rings (SSSR count). The fraction of sp³-hybridized carbons (Fsp3) is 0.600. The average Bonchev–Trinajstić information content (AvgIpc) is 2.22. The van der Waals surface area contributed by atoms with E-state index < -0.39 is 0 Å². The topological polar surface area (TPSA) is 46.6 Å². The number of amides is 1. The monoisotopic (exact) mass is 199 g/mol. The Labute approximate surface area is 84.5 Å². The second-order valence-corrected chi connectivity index (χ2v) is 2.89. The van der Waals surface area contributed by atoms with Gasteiger partial charge in [0, 0.05) is 20.0 Å². The van der Waals surface area contributed by atoms with Gasteiger partial charge in [-0.3, -0.25) is 9.59 Å². The van der Waals surface area contributed by atoms with E-state index >= 15 is 0 Å². The lowest BCUT2D eigenvalue weighted by molar-refractivity contribution is -0.143. The molecule has 0 atom stereocenters. The Morgan fingerprint density at radius 2 is 2.14 bits per heavy atom. The van der Waals surface area contributed by atoms with Crippen molar-refractivity contribution in [1.29, 1.82) is 0 Å². The molecular formula is C10H17NO3. The van der Waals surface area contributed by atoms with Crippen LogP contribution in [0, 0.1) is 0 Å². The number of hydrogen-bond acceptors (Lipinski definition) is 3. The number of rotatable bonds is 6. The van der Waals surface area contributed by atoms with Gasteiger partial charge >= 0.3 is 5.97 Å². The Bertz CT molecular complexity index is 213. The van der Waals surface area contributed by atoms with Crippen LogP contribution in [-0.2, 0) is 14.3 Å². The maximum absolute atomic E-state index is 11.0. The molecule has 80 valence electrons. The van der Waals surface area contributed by atoms with Crippen LogP contribution in [0.25, 0.3) is 0 Å². The van der Waals surface area contributed by atoms with Crippen LogP contribution in [0.2, 0.25) is 0 Å². The Morgan fingerprint density at radius 3 is 2.64 bits per heavy atom. The number of esters is 1. The number of ether oxygens (including phenoxy) is 1. The van der Waals surface area contributed by atoms with E-state index in [1.165, 1.54) is 11.0 Å². The first-order valence-electron chi connectivity index (χ1n) is 4.65. The number of hydrogen-bond donors (Lipinski definition) is 0. The van der Waals surface area contributed by atoms with Gasteiger partial charge in [-0.2, -0.15) is 0 Å². The minimum atomic E-state index is -0.206. The summed E-state index contributed by atoms with van der Waals surface area (Å²) in [6, 6.07) is 0. The highest BCUT2D eigenvalue weighted by Gasteiger charge is 2.03. The molecule has 0 aliphatic carbocycles. The van der Waals surface area contributed by atoms with E-state index in [0.717, 1.165) is 0 Å². The summed E-state index contributed by atoms with van der Waals surface area (Å²) in [5.74, 6) is -0.325. The number of nitrogens with zero attached hydrogens (tertiary/aromatic N) is 1. The van der Waals surface area contributed by atoms with Gasteiger partial charge in [0.15, 0.2) is 0 Å². The molecule has 0 aromatic carbocycles. The molecule has 4 heteroatoms. The van der Waals surface area contributed by atoms with E-state index in [0.29, 0.717) is 26.0 Å². The molecule has 0 aliphatic rings. The van der Waals surface area contributed by atoms with Gasteiger partial charge in [-0.05, 0) is 12.5 Å². The van der Waals surface area contributed by atoms with Crippen LogP contribution in [0.1, 0.15) is 19.8 Å². The zero-order valence-electron chi connectivity index (χ0n) is 8.78. The molecule has 0 aromatic heterocycles. The van der Waals surface area contributed by atoms with Gasteiger partial charge in [-0.15, -0.1) is 0 Å². The summed E-state index contributed by atoms with van der Waals surface area (Å²) in [5, 5.41) is 0. The van der Waals surface area contributed by atoms with Crippen molar-refractivity contribution in [3.63, 3.8) is 0 Å². The Hall–Kier alpha value is -1.32. The van der Waals surface area contributed by atoms with Gasteiger partial charge in [0.1, 0.15) is 0 Å². The summed E-state index contributed by atoms with van der Waals surface area (Å²) in [6.45, 7) is 6.05. The summed E-state index contributed by atoms with van der Waals surface area (Å²) >= 11 is 0. The van der Waals surface area contributed by atoms with Crippen LogP contribution in [0.5, 0.6) is 0 Å². The molecular weight excluding hydrogens is 182 g/mol. The standard InChI is InChI=1S/C10H17NO3/c1-4-9(12)11(3)7-6-8-14-10(13)5-2/h4H,1,5-8H2,2-3H3. The SMILES string of the molecule is C=CC(=O)N(C)CCCOC(=O)CC. The summed E-state index contributed by atoms with van der Waals surface area (Å²) in [4.78, 5) is 23.3. The first-order chi connectivity index (χ1) is 6.61. The molecule has 1 amide bonds. The second-order valence-electron chi connectivity index (χ2n) is 2.89. The summed E-state index contributed by atoms with van der Waals surface area (Å²) in [5.41, 5.74) is 0. The van der Waals surface area contributed by atoms with E-state index in [9.17, 15) is 9.59 Å². The molecule has 0 bridgehead atoms. The van der Waals surface area contributed by atoms with Crippen molar-refractivity contribution in [2.45, 2.75) is 19.8 Å². The quantitative estimate of drug-likeness (QED) is 0.364. The van der Waals surface area contributed by atoms with E-state index in [1.54, 1.807) is 14.0 Å². The number of carbonyl (C=O) groups excluding carboxylic acids is 2. The molecule has 0 aromatic rings. The van der Waals surface area contributed by atoms with Gasteiger partial charge in [0.05, 0.1) is 6.61 Å². The highest BCUT2D eigenvalue weighted by atomic mass is 16.5. The normalized spacial score (nSPS) is 9.29. The Balaban J connectivity index is 3.49. The lowest BCUT2D eigenvalue weighted by atomic mass is 10.4. The van der Waals surface area contributed by atoms with E-state index in [4.69, 9.17) is 4.74 Å². The zero-order valence-corrected chi connectivity index (χ0v) is 8.78. The molecule has 14 heavy (non-hydrogen) atoms. The number of carbonyl (C=O) groups is 2. The van der Waals surface area contributed by atoms with Crippen molar-refractivity contribution < 1.29 is 14.3 Å². The highest BCUT2D eigenvalue weighted by molar-refractivity contribution is 5.86. The molecule has 0 N–H and O–H groups in total. The van der Waals surface area contributed by atoms with Gasteiger partial charge < -0.3 is 9.64 Å². The lowest BCUT2D eigenvalue weighted by Gasteiger charge is -2.14. The third-order valence-electron chi connectivity index (χ3n) is 1.74. The first-order valence-corrected chi connectivity index (χ1v) is 4.65. The second kappa shape index (κ2) is 7.12. The maximum Gasteiger partial charge on any atom is 0.305 e. The highest BCUT2D eigenvalue weighted by Crippen LogP contribution is 1.92. The van der Waals surface area contributed by atoms with Gasteiger partial charge in [-0.25, -0.2) is 0 Å². The third-order valence-corrected chi connectivity index (χ3v) is 1.74. The smallest absolute Gasteiger partial charge is 0.305 e. The van der Waals surface area contributed by atoms with Crippen molar-refractivity contribution in [1.82, 2.24) is 4.90 Å². The lowest BCUT2D eigenvalue weighted by Crippen LogP contribution is -2.26. The van der Waals surface area contributed by atoms with E-state index in [1.807, 2.05) is 0 Å². The predicted octanol–water partition coefficient (Wildman–Crippen LogP) is 0.974. The van der Waals surface area contributed by atoms with Crippen molar-refractivity contribution in [3.05, 3.63) is 12.7 Å². The third kappa shape index (κ3) is 5.35. The molecule has 0 spiro atoms. The van der Waals surface area contributed by atoms with Gasteiger partial charge in [-0.1, -0.05) is 13.5 Å². The Kier molecular flexibility index (Phi) is 6.45. The van der Waals surface area contributed by atoms with Crippen LogP contribution in [0.15, 0.2) is 12.7 Å². The van der Waals surface area contributed by atoms with Crippen LogP contribution < -0.4 is 0 Å². The van der Waals surface area contributed by atoms with Crippen LogP contribution in [-0.4, -0.2) is 37.0 Å². The fourth-order valence-corrected chi connectivity index (χ4v) is 0.856. The molecule has 0 saturated heterocycles. The summed E-state index contributed by atoms with van der Waals surface area (Å²) in [7, 11) is 1.69. The molecule has 0 fully saturated rings. The van der Waals surface area contributed by atoms with Crippen molar-refractivity contribution >= 4 is 11.9 Å². The fourth-order valence-electron chi connectivity index (χ4n) is 0.856. The molecule has 0 saturated carbocycles. The summed E-state index contributed by atoms with van der Waals surface area (Å²) < 4.78 is 4.85. The zero-order chi connectivity index (χ0) is 11.0. The first kappa shape index (κ1) is 12.7. The molecule has 0 heterocycles. The predicted molar refractivity (Wildman–Crippen MR) is 53.7 cm³/mol. The minimum absolute atomic E-state index is 0.119. The van der Waals surface area contributed by atoms with Crippen LogP contribution in [0.4, 0.5) is 0 Å². The van der Waals surface area contributed by atoms with Crippen LogP contribution in [0.3, 0.4) is 0 Å². The molecule has 0 radical (unpaired) electrons. The summed E-state index contributed by atoms with van der Waals surface area (Å²) in [6.07, 6.45) is 2.31. The minimum Gasteiger partial charge on any atom is -0.466 e. The largest absolute Gasteiger partial charge is 0.466 e. The molecule has 0 unspecified atom stereocenters. The maximum atomic E-state index is 11.0. The molecule has 0 aliphatic heterocycles. The van der Waals surface area contributed by atoms with E-state index in [2.05, 4.69) is 6.58 Å². The van der Waals surface area contributed by atoms with Gasteiger partial charge in [0.2, 0.25) is 5.91 Å². The van der Waals surface area contributed by atoms with Crippen molar-refractivity contribution in [3.8, 4) is 0 Å². The average molecular weight is 199 g/mol. The molecule has 4 nitrogen and oxygen atoms in total. The van der Waals surface area contributed by atoms with Crippen molar-refractivity contribution in [2.75, 3.05) is 20.2 Å². The van der Waals surface area contributed by atoms with Crippen molar-refractivity contribution in [2.24, 2.45) is 0 Å². The number of likely N-dealkylation sites (N-methyl/N-ethyl adjacent to an activating group) is 1. The van der Waals surface area contributed by atoms with E-state index in [-0.39, 0.29) is 11.9 Å².